The van der Waals surface area contributed by atoms with Gasteiger partial charge in [-0.25, -0.2) is 0 Å². The molecular weight excluding hydrogens is 218 g/mol. The van der Waals surface area contributed by atoms with Crippen LogP contribution in [0.15, 0.2) is 17.5 Å². The van der Waals surface area contributed by atoms with Gasteiger partial charge in [0.2, 0.25) is 0 Å². The van der Waals surface area contributed by atoms with Crippen molar-refractivity contribution in [1.29, 1.82) is 0 Å². The standard InChI is InChI=1S/C13H21NOS/c1-10(9-15)14-13(11-5-2-3-6-11)12-7-4-8-16-12/h4,7-8,10-11,13-15H,2-3,5-6,9H2,1H3/t10-,13+/m1/s1. The molecule has 0 aromatic carbocycles. The van der Waals surface area contributed by atoms with Crippen molar-refractivity contribution in [2.24, 2.45) is 5.92 Å². The molecular formula is C13H21NOS. The number of nitrogens with one attached hydrogen (secondary N) is 1. The van der Waals surface area contributed by atoms with E-state index in [0.29, 0.717) is 6.04 Å². The molecule has 90 valence electrons. The molecule has 0 radical (unpaired) electrons. The molecule has 1 aromatic heterocycles. The van der Waals surface area contributed by atoms with Gasteiger partial charge in [-0.1, -0.05) is 18.9 Å². The molecule has 1 aromatic rings. The van der Waals surface area contributed by atoms with Crippen molar-refractivity contribution >= 4 is 11.3 Å². The first-order chi connectivity index (χ1) is 7.81. The molecule has 0 bridgehead atoms. The number of aliphatic hydroxyl groups excluding tert-OH is 1. The minimum atomic E-state index is 0.188. The Morgan fingerprint density at radius 2 is 2.25 bits per heavy atom. The van der Waals surface area contributed by atoms with Gasteiger partial charge in [0.05, 0.1) is 6.61 Å². The van der Waals surface area contributed by atoms with Crippen LogP contribution in [0.3, 0.4) is 0 Å². The smallest absolute Gasteiger partial charge is 0.0582 e. The minimum absolute atomic E-state index is 0.188. The second-order valence-electron chi connectivity index (χ2n) is 4.79. The fraction of sp³-hybridized carbons (Fsp3) is 0.692. The highest BCUT2D eigenvalue weighted by molar-refractivity contribution is 7.10. The number of hydrogen-bond acceptors (Lipinski definition) is 3. The fourth-order valence-electron chi connectivity index (χ4n) is 2.57. The van der Waals surface area contributed by atoms with Crippen molar-refractivity contribution in [3.05, 3.63) is 22.4 Å². The molecule has 0 saturated heterocycles. The van der Waals surface area contributed by atoms with Crippen LogP contribution in [0, 0.1) is 5.92 Å². The summed E-state index contributed by atoms with van der Waals surface area (Å²) in [7, 11) is 0. The molecule has 1 saturated carbocycles. The van der Waals surface area contributed by atoms with Crippen molar-refractivity contribution in [2.75, 3.05) is 6.61 Å². The third-order valence-corrected chi connectivity index (χ3v) is 4.41. The van der Waals surface area contributed by atoms with E-state index >= 15 is 0 Å². The zero-order chi connectivity index (χ0) is 11.4. The normalized spacial score (nSPS) is 21.1. The summed E-state index contributed by atoms with van der Waals surface area (Å²) in [6, 6.07) is 4.97. The highest BCUT2D eigenvalue weighted by Gasteiger charge is 2.27. The lowest BCUT2D eigenvalue weighted by Crippen LogP contribution is -2.36. The van der Waals surface area contributed by atoms with Gasteiger partial charge in [-0.2, -0.15) is 0 Å². The van der Waals surface area contributed by atoms with Crippen molar-refractivity contribution in [1.82, 2.24) is 5.32 Å². The third-order valence-electron chi connectivity index (χ3n) is 3.46. The molecule has 0 spiro atoms. The summed E-state index contributed by atoms with van der Waals surface area (Å²) < 4.78 is 0. The highest BCUT2D eigenvalue weighted by atomic mass is 32.1. The lowest BCUT2D eigenvalue weighted by Gasteiger charge is -2.26. The molecule has 0 unspecified atom stereocenters. The molecule has 1 heterocycles. The first-order valence-electron chi connectivity index (χ1n) is 6.21. The Bertz CT molecular complexity index is 293. The molecule has 0 aliphatic heterocycles. The molecule has 2 atom stereocenters. The number of rotatable bonds is 5. The molecule has 2 N–H and O–H groups in total. The maximum atomic E-state index is 9.16. The number of aliphatic hydroxyl groups is 1. The van der Waals surface area contributed by atoms with Gasteiger partial charge in [-0.05, 0) is 37.1 Å². The molecule has 1 aliphatic carbocycles. The monoisotopic (exact) mass is 239 g/mol. The SMILES string of the molecule is C[C@H](CO)N[C@H](c1cccs1)C1CCCC1. The summed E-state index contributed by atoms with van der Waals surface area (Å²) in [5.41, 5.74) is 0. The van der Waals surface area contributed by atoms with Crippen molar-refractivity contribution in [2.45, 2.75) is 44.7 Å². The molecule has 1 fully saturated rings. The van der Waals surface area contributed by atoms with Crippen LogP contribution in [0.4, 0.5) is 0 Å². The first-order valence-corrected chi connectivity index (χ1v) is 7.09. The van der Waals surface area contributed by atoms with Crippen molar-refractivity contribution < 1.29 is 5.11 Å². The van der Waals surface area contributed by atoms with Gasteiger partial charge >= 0.3 is 0 Å². The molecule has 3 heteroatoms. The van der Waals surface area contributed by atoms with E-state index in [1.165, 1.54) is 30.6 Å². The number of hydrogen-bond donors (Lipinski definition) is 2. The zero-order valence-corrected chi connectivity index (χ0v) is 10.7. The van der Waals surface area contributed by atoms with Crippen LogP contribution in [0.1, 0.15) is 43.5 Å². The number of thiophene rings is 1. The molecule has 1 aliphatic rings. The maximum absolute atomic E-state index is 9.16. The molecule has 2 rings (SSSR count). The van der Waals surface area contributed by atoms with E-state index in [0.717, 1.165) is 5.92 Å². The van der Waals surface area contributed by atoms with Crippen LogP contribution in [-0.2, 0) is 0 Å². The average Bonchev–Trinajstić information content (AvgIpc) is 2.97. The summed E-state index contributed by atoms with van der Waals surface area (Å²) in [4.78, 5) is 1.42. The Hall–Kier alpha value is -0.380. The third kappa shape index (κ3) is 2.84. The van der Waals surface area contributed by atoms with Crippen molar-refractivity contribution in [3.8, 4) is 0 Å². The Morgan fingerprint density at radius 3 is 2.81 bits per heavy atom. The summed E-state index contributed by atoms with van der Waals surface area (Å²) in [6.07, 6.45) is 5.38. The Morgan fingerprint density at radius 1 is 1.50 bits per heavy atom. The summed E-state index contributed by atoms with van der Waals surface area (Å²) in [5.74, 6) is 0.757. The molecule has 0 amide bonds. The van der Waals surface area contributed by atoms with Gasteiger partial charge in [-0.3, -0.25) is 0 Å². The van der Waals surface area contributed by atoms with Gasteiger partial charge in [0, 0.05) is 17.0 Å². The quantitative estimate of drug-likeness (QED) is 0.828. The van der Waals surface area contributed by atoms with Crippen LogP contribution in [-0.4, -0.2) is 17.8 Å². The van der Waals surface area contributed by atoms with Crippen LogP contribution in [0.25, 0.3) is 0 Å². The van der Waals surface area contributed by atoms with E-state index in [-0.39, 0.29) is 12.6 Å². The van der Waals surface area contributed by atoms with E-state index in [2.05, 4.69) is 29.8 Å². The topological polar surface area (TPSA) is 32.3 Å². The average molecular weight is 239 g/mol. The van der Waals surface area contributed by atoms with E-state index < -0.39 is 0 Å². The van der Waals surface area contributed by atoms with Gasteiger partial charge in [0.15, 0.2) is 0 Å². The molecule has 16 heavy (non-hydrogen) atoms. The van der Waals surface area contributed by atoms with E-state index in [1.807, 2.05) is 11.3 Å². The van der Waals surface area contributed by atoms with Crippen LogP contribution < -0.4 is 5.32 Å². The maximum Gasteiger partial charge on any atom is 0.0582 e. The van der Waals surface area contributed by atoms with Gasteiger partial charge in [0.1, 0.15) is 0 Å². The second kappa shape index (κ2) is 5.80. The van der Waals surface area contributed by atoms with Gasteiger partial charge in [-0.15, -0.1) is 11.3 Å². The largest absolute Gasteiger partial charge is 0.395 e. The fourth-order valence-corrected chi connectivity index (χ4v) is 3.45. The predicted octanol–water partition coefficient (Wildman–Crippen LogP) is 2.95. The van der Waals surface area contributed by atoms with E-state index in [4.69, 9.17) is 5.11 Å². The summed E-state index contributed by atoms with van der Waals surface area (Å²) in [6.45, 7) is 2.27. The minimum Gasteiger partial charge on any atom is -0.395 e. The predicted molar refractivity (Wildman–Crippen MR) is 68.7 cm³/mol. The van der Waals surface area contributed by atoms with Crippen molar-refractivity contribution in [3.63, 3.8) is 0 Å². The molecule has 2 nitrogen and oxygen atoms in total. The summed E-state index contributed by atoms with van der Waals surface area (Å²) in [5, 5.41) is 14.9. The Labute approximate surface area is 102 Å². The van der Waals surface area contributed by atoms with Crippen LogP contribution in [0.5, 0.6) is 0 Å². The summed E-state index contributed by atoms with van der Waals surface area (Å²) >= 11 is 1.83. The van der Waals surface area contributed by atoms with Crippen LogP contribution in [0.2, 0.25) is 0 Å². The van der Waals surface area contributed by atoms with Gasteiger partial charge in [0.25, 0.3) is 0 Å². The lowest BCUT2D eigenvalue weighted by atomic mass is 9.96. The Balaban J connectivity index is 2.06. The zero-order valence-electron chi connectivity index (χ0n) is 9.86. The second-order valence-corrected chi connectivity index (χ2v) is 5.77. The Kier molecular flexibility index (Phi) is 4.38. The van der Waals surface area contributed by atoms with E-state index in [9.17, 15) is 0 Å². The van der Waals surface area contributed by atoms with E-state index in [1.54, 1.807) is 0 Å². The first kappa shape index (κ1) is 12.1. The van der Waals surface area contributed by atoms with Gasteiger partial charge < -0.3 is 10.4 Å². The lowest BCUT2D eigenvalue weighted by molar-refractivity contribution is 0.225. The van der Waals surface area contributed by atoms with Crippen LogP contribution >= 0.6 is 11.3 Å². The highest BCUT2D eigenvalue weighted by Crippen LogP contribution is 2.37.